The Morgan fingerprint density at radius 2 is 1.85 bits per heavy atom. The van der Waals surface area contributed by atoms with Crippen molar-refractivity contribution in [2.75, 3.05) is 11.9 Å². The molecule has 0 spiro atoms. The average molecular weight is 352 g/mol. The first kappa shape index (κ1) is 16.8. The van der Waals surface area contributed by atoms with Gasteiger partial charge in [0.25, 0.3) is 0 Å². The highest BCUT2D eigenvalue weighted by Crippen LogP contribution is 2.40. The van der Waals surface area contributed by atoms with Gasteiger partial charge in [0.15, 0.2) is 0 Å². The van der Waals surface area contributed by atoms with Crippen LogP contribution < -0.4 is 10.2 Å². The number of carbonyl (C=O) groups excluding carboxylic acids is 2. The third kappa shape index (κ3) is 2.59. The molecule has 0 aromatic heterocycles. The molecule has 1 aliphatic heterocycles. The normalized spacial score (nSPS) is 22.1. The third-order valence-electron chi connectivity index (χ3n) is 5.68. The number of hydrogen-bond donors (Lipinski definition) is 1. The molecule has 0 saturated heterocycles. The molecule has 1 N–H and O–H groups in total. The first-order chi connectivity index (χ1) is 12.4. The second-order valence-electron chi connectivity index (χ2n) is 7.47. The molecule has 0 radical (unpaired) electrons. The molecule has 5 heteroatoms. The first-order valence-electron chi connectivity index (χ1n) is 8.83. The van der Waals surface area contributed by atoms with Gasteiger partial charge in [0.1, 0.15) is 5.82 Å². The van der Waals surface area contributed by atoms with Crippen molar-refractivity contribution in [3.63, 3.8) is 0 Å². The second-order valence-corrected chi connectivity index (χ2v) is 7.47. The van der Waals surface area contributed by atoms with Crippen LogP contribution in [-0.2, 0) is 27.8 Å². The summed E-state index contributed by atoms with van der Waals surface area (Å²) in [4.78, 5) is 27.0. The van der Waals surface area contributed by atoms with Crippen LogP contribution in [0.3, 0.4) is 0 Å². The Bertz CT molecular complexity index is 886. The van der Waals surface area contributed by atoms with Crippen LogP contribution in [0.4, 0.5) is 10.1 Å². The molecular weight excluding hydrogens is 331 g/mol. The van der Waals surface area contributed by atoms with Crippen LogP contribution in [-0.4, -0.2) is 24.9 Å². The fraction of sp³-hybridized carbons (Fsp3) is 0.333. The number of nitrogens with one attached hydrogen (secondary N) is 1. The van der Waals surface area contributed by atoms with Crippen molar-refractivity contribution >= 4 is 17.5 Å². The Balaban J connectivity index is 1.62. The lowest BCUT2D eigenvalue weighted by Crippen LogP contribution is -2.52. The Labute approximate surface area is 152 Å². The molecule has 0 bridgehead atoms. The van der Waals surface area contributed by atoms with Crippen molar-refractivity contribution in [1.82, 2.24) is 5.32 Å². The van der Waals surface area contributed by atoms with Gasteiger partial charge in [-0.15, -0.1) is 0 Å². The summed E-state index contributed by atoms with van der Waals surface area (Å²) < 4.78 is 13.7. The molecule has 2 aromatic carbocycles. The summed E-state index contributed by atoms with van der Waals surface area (Å²) in [5.41, 5.74) is 2.67. The molecule has 134 valence electrons. The van der Waals surface area contributed by atoms with E-state index in [1.54, 1.807) is 20.0 Å². The summed E-state index contributed by atoms with van der Waals surface area (Å²) in [6, 6.07) is 12.5. The number of anilines is 1. The van der Waals surface area contributed by atoms with E-state index >= 15 is 0 Å². The van der Waals surface area contributed by atoms with Crippen LogP contribution in [0, 0.1) is 5.82 Å². The zero-order valence-electron chi connectivity index (χ0n) is 14.9. The van der Waals surface area contributed by atoms with Crippen LogP contribution in [0.1, 0.15) is 30.0 Å². The first-order valence-corrected chi connectivity index (χ1v) is 8.83. The van der Waals surface area contributed by atoms with Crippen LogP contribution in [0.15, 0.2) is 42.5 Å². The molecule has 1 unspecified atom stereocenters. The summed E-state index contributed by atoms with van der Waals surface area (Å²) in [7, 11) is 1.62. The Kier molecular flexibility index (Phi) is 3.83. The topological polar surface area (TPSA) is 49.4 Å². The van der Waals surface area contributed by atoms with Crippen molar-refractivity contribution in [1.29, 1.82) is 0 Å². The fourth-order valence-electron chi connectivity index (χ4n) is 4.11. The number of halogens is 1. The molecule has 4 rings (SSSR count). The zero-order chi connectivity index (χ0) is 18.5. The minimum Gasteiger partial charge on any atom is -0.352 e. The maximum absolute atomic E-state index is 13.7. The number of amides is 2. The van der Waals surface area contributed by atoms with Gasteiger partial charge in [-0.2, -0.15) is 0 Å². The number of benzene rings is 2. The van der Waals surface area contributed by atoms with E-state index in [9.17, 15) is 14.0 Å². The third-order valence-corrected chi connectivity index (χ3v) is 5.68. The molecule has 1 heterocycles. The van der Waals surface area contributed by atoms with Gasteiger partial charge in [0.05, 0.1) is 11.1 Å². The maximum Gasteiger partial charge on any atom is 0.231 e. The Hall–Kier alpha value is -2.69. The molecular formula is C21H21FN2O2. The predicted molar refractivity (Wildman–Crippen MR) is 97.6 cm³/mol. The van der Waals surface area contributed by atoms with Gasteiger partial charge in [-0.05, 0) is 48.6 Å². The molecule has 0 saturated carbocycles. The van der Waals surface area contributed by atoms with E-state index in [-0.39, 0.29) is 24.3 Å². The molecule has 2 aromatic rings. The summed E-state index contributed by atoms with van der Waals surface area (Å²) >= 11 is 0. The van der Waals surface area contributed by atoms with Crippen LogP contribution in [0.5, 0.6) is 0 Å². The van der Waals surface area contributed by atoms with Gasteiger partial charge in [-0.25, -0.2) is 4.39 Å². The minimum atomic E-state index is -0.999. The SMILES string of the molecule is CN1C(=O)CC(C)(C(=O)NC2Cc3ccccc3C2)c2ccc(F)cc21. The number of carbonyl (C=O) groups is 2. The molecule has 2 amide bonds. The number of hydrogen-bond acceptors (Lipinski definition) is 2. The van der Waals surface area contributed by atoms with Crippen molar-refractivity contribution in [3.8, 4) is 0 Å². The van der Waals surface area contributed by atoms with Gasteiger partial charge in [-0.3, -0.25) is 9.59 Å². The van der Waals surface area contributed by atoms with E-state index < -0.39 is 11.2 Å². The highest BCUT2D eigenvalue weighted by Gasteiger charge is 2.45. The lowest BCUT2D eigenvalue weighted by Gasteiger charge is -2.38. The molecule has 2 aliphatic rings. The van der Waals surface area contributed by atoms with E-state index in [4.69, 9.17) is 0 Å². The summed E-state index contributed by atoms with van der Waals surface area (Å²) in [5, 5.41) is 3.12. The smallest absolute Gasteiger partial charge is 0.231 e. The highest BCUT2D eigenvalue weighted by atomic mass is 19.1. The molecule has 1 aliphatic carbocycles. The van der Waals surface area contributed by atoms with Crippen LogP contribution >= 0.6 is 0 Å². The Morgan fingerprint density at radius 1 is 1.19 bits per heavy atom. The predicted octanol–water partition coefficient (Wildman–Crippen LogP) is 2.73. The lowest BCUT2D eigenvalue weighted by molar-refractivity contribution is -0.131. The van der Waals surface area contributed by atoms with Gasteiger partial charge < -0.3 is 10.2 Å². The summed E-state index contributed by atoms with van der Waals surface area (Å²) in [6.07, 6.45) is 1.66. The van der Waals surface area contributed by atoms with Gasteiger partial charge in [0.2, 0.25) is 11.8 Å². The van der Waals surface area contributed by atoms with E-state index in [0.29, 0.717) is 11.3 Å². The van der Waals surface area contributed by atoms with E-state index in [1.165, 1.54) is 28.2 Å². The lowest BCUT2D eigenvalue weighted by atomic mass is 9.74. The number of fused-ring (bicyclic) bond motifs is 2. The van der Waals surface area contributed by atoms with Crippen LogP contribution in [0.25, 0.3) is 0 Å². The van der Waals surface area contributed by atoms with Gasteiger partial charge >= 0.3 is 0 Å². The van der Waals surface area contributed by atoms with Crippen molar-refractivity contribution in [3.05, 3.63) is 65.0 Å². The second kappa shape index (κ2) is 5.94. The van der Waals surface area contributed by atoms with Crippen molar-refractivity contribution in [2.24, 2.45) is 0 Å². The minimum absolute atomic E-state index is 0.0235. The van der Waals surface area contributed by atoms with Crippen molar-refractivity contribution < 1.29 is 14.0 Å². The van der Waals surface area contributed by atoms with Gasteiger partial charge in [0, 0.05) is 19.5 Å². The van der Waals surface area contributed by atoms with E-state index in [2.05, 4.69) is 17.4 Å². The summed E-state index contributed by atoms with van der Waals surface area (Å²) in [5.74, 6) is -0.778. The standard InChI is InChI=1S/C21H21FN2O2/c1-21(12-19(25)24(2)18-11-15(22)7-8-17(18)21)20(26)23-16-9-13-5-3-4-6-14(13)10-16/h3-8,11,16H,9-10,12H2,1-2H3,(H,23,26). The average Bonchev–Trinajstić information content (AvgIpc) is 3.01. The fourth-order valence-corrected chi connectivity index (χ4v) is 4.11. The van der Waals surface area contributed by atoms with E-state index in [0.717, 1.165) is 12.8 Å². The van der Waals surface area contributed by atoms with Crippen molar-refractivity contribution in [2.45, 2.75) is 37.6 Å². The monoisotopic (exact) mass is 352 g/mol. The van der Waals surface area contributed by atoms with Crippen LogP contribution in [0.2, 0.25) is 0 Å². The quantitative estimate of drug-likeness (QED) is 0.903. The molecule has 1 atom stereocenters. The zero-order valence-corrected chi connectivity index (χ0v) is 14.9. The van der Waals surface area contributed by atoms with E-state index in [1.807, 2.05) is 12.1 Å². The highest BCUT2D eigenvalue weighted by molar-refractivity contribution is 6.04. The maximum atomic E-state index is 13.7. The van der Waals surface area contributed by atoms with Gasteiger partial charge in [-0.1, -0.05) is 30.3 Å². The molecule has 4 nitrogen and oxygen atoms in total. The number of rotatable bonds is 2. The largest absolute Gasteiger partial charge is 0.352 e. The molecule has 26 heavy (non-hydrogen) atoms. The summed E-state index contributed by atoms with van der Waals surface area (Å²) in [6.45, 7) is 1.77. The number of nitrogens with zero attached hydrogens (tertiary/aromatic N) is 1. The Morgan fingerprint density at radius 3 is 2.50 bits per heavy atom. The molecule has 0 fully saturated rings.